The number of likely N-dealkylation sites (N-methyl/N-ethyl adjacent to an activating group) is 1. The maximum atomic E-state index is 13.2. The molecular formula is C29H29N5O4S. The number of anilines is 3. The first-order valence-electron chi connectivity index (χ1n) is 12.5. The zero-order valence-electron chi connectivity index (χ0n) is 22.0. The number of nitrogens with one attached hydrogen (secondary N) is 2. The highest BCUT2D eigenvalue weighted by atomic mass is 32.2. The van der Waals surface area contributed by atoms with Crippen molar-refractivity contribution in [2.45, 2.75) is 6.42 Å². The fourth-order valence-corrected chi connectivity index (χ4v) is 5.64. The molecule has 3 aromatic rings. The van der Waals surface area contributed by atoms with E-state index in [0.29, 0.717) is 59.2 Å². The third-order valence-corrected chi connectivity index (χ3v) is 7.90. The van der Waals surface area contributed by atoms with E-state index in [1.165, 1.54) is 10.6 Å². The van der Waals surface area contributed by atoms with Crippen LogP contribution in [0.1, 0.15) is 22.3 Å². The van der Waals surface area contributed by atoms with Gasteiger partial charge in [0.1, 0.15) is 5.75 Å². The molecule has 39 heavy (non-hydrogen) atoms. The molecule has 2 aliphatic rings. The van der Waals surface area contributed by atoms with Gasteiger partial charge in [-0.05, 0) is 62.1 Å². The van der Waals surface area contributed by atoms with Crippen LogP contribution in [0.5, 0.6) is 5.75 Å². The van der Waals surface area contributed by atoms with Gasteiger partial charge in [0.05, 0.1) is 47.1 Å². The van der Waals surface area contributed by atoms with Crippen molar-refractivity contribution in [3.63, 3.8) is 0 Å². The molecule has 0 aliphatic carbocycles. The van der Waals surface area contributed by atoms with Crippen molar-refractivity contribution in [3.05, 3.63) is 82.9 Å². The maximum absolute atomic E-state index is 13.2. The van der Waals surface area contributed by atoms with Gasteiger partial charge in [-0.15, -0.1) is 0 Å². The van der Waals surface area contributed by atoms with Crippen molar-refractivity contribution in [2.75, 3.05) is 55.0 Å². The van der Waals surface area contributed by atoms with Crippen LogP contribution in [0, 0.1) is 11.3 Å². The lowest BCUT2D eigenvalue weighted by Crippen LogP contribution is -2.35. The van der Waals surface area contributed by atoms with Crippen LogP contribution in [-0.4, -0.2) is 59.3 Å². The van der Waals surface area contributed by atoms with Gasteiger partial charge in [-0.1, -0.05) is 18.2 Å². The third kappa shape index (κ3) is 5.46. The zero-order valence-corrected chi connectivity index (χ0v) is 22.8. The number of carbonyl (C=O) groups is 1. The van der Waals surface area contributed by atoms with E-state index >= 15 is 0 Å². The summed E-state index contributed by atoms with van der Waals surface area (Å²) < 4.78 is 32.1. The van der Waals surface area contributed by atoms with E-state index in [9.17, 15) is 18.5 Å². The molecule has 0 unspecified atom stereocenters. The molecule has 0 spiro atoms. The molecule has 0 saturated carbocycles. The summed E-state index contributed by atoms with van der Waals surface area (Å²) in [5.41, 5.74) is 5.85. The lowest BCUT2D eigenvalue weighted by Gasteiger charge is -2.24. The highest BCUT2D eigenvalue weighted by molar-refractivity contribution is 7.92. The van der Waals surface area contributed by atoms with Crippen LogP contribution in [0.3, 0.4) is 0 Å². The standard InChI is InChI=1S/C29H29N5O4S/c1-33(2)13-14-34(39(3,36)37)23-9-7-22(8-10-23)31-28(21-6-5-20-12-15-38-26(20)17-21)27-24-11-4-19(18-30)16-25(24)32-29(27)35/h4-11,16-17,31H,12-15H2,1-3H3,(H,32,35). The maximum Gasteiger partial charge on any atom is 0.258 e. The second-order valence-electron chi connectivity index (χ2n) is 9.81. The molecule has 3 aromatic carbocycles. The van der Waals surface area contributed by atoms with Crippen molar-refractivity contribution >= 4 is 44.3 Å². The van der Waals surface area contributed by atoms with Gasteiger partial charge < -0.3 is 20.3 Å². The van der Waals surface area contributed by atoms with Crippen molar-refractivity contribution < 1.29 is 17.9 Å². The number of sulfonamides is 1. The van der Waals surface area contributed by atoms with Crippen molar-refractivity contribution in [2.24, 2.45) is 0 Å². The van der Waals surface area contributed by atoms with Crippen LogP contribution in [0.2, 0.25) is 0 Å². The molecule has 0 fully saturated rings. The SMILES string of the molecule is CN(C)CCN(c1ccc(NC(=C2C(=O)Nc3cc(C#N)ccc32)c2ccc3c(c2)OCC3)cc1)S(C)(=O)=O. The highest BCUT2D eigenvalue weighted by Crippen LogP contribution is 2.39. The Bertz CT molecular complexity index is 1620. The number of amides is 1. The number of ether oxygens (including phenoxy) is 1. The molecule has 200 valence electrons. The highest BCUT2D eigenvalue weighted by Gasteiger charge is 2.29. The molecule has 0 bridgehead atoms. The predicted octanol–water partition coefficient (Wildman–Crippen LogP) is 3.75. The Morgan fingerprint density at radius 1 is 1.08 bits per heavy atom. The summed E-state index contributed by atoms with van der Waals surface area (Å²) >= 11 is 0. The summed E-state index contributed by atoms with van der Waals surface area (Å²) in [6.07, 6.45) is 2.03. The Morgan fingerprint density at radius 3 is 2.54 bits per heavy atom. The van der Waals surface area contributed by atoms with Crippen LogP contribution in [0.15, 0.2) is 60.7 Å². The number of carbonyl (C=O) groups excluding carboxylic acids is 1. The molecule has 2 N–H and O–H groups in total. The fraction of sp³-hybridized carbons (Fsp3) is 0.241. The van der Waals surface area contributed by atoms with Crippen molar-refractivity contribution in [1.82, 2.24) is 4.90 Å². The molecule has 0 atom stereocenters. The summed E-state index contributed by atoms with van der Waals surface area (Å²) in [5.74, 6) is 0.499. The predicted molar refractivity (Wildman–Crippen MR) is 153 cm³/mol. The molecule has 0 aromatic heterocycles. The quantitative estimate of drug-likeness (QED) is 0.416. The summed E-state index contributed by atoms with van der Waals surface area (Å²) in [4.78, 5) is 15.2. The van der Waals surface area contributed by atoms with Gasteiger partial charge in [-0.2, -0.15) is 5.26 Å². The van der Waals surface area contributed by atoms with Crippen LogP contribution >= 0.6 is 0 Å². The topological polar surface area (TPSA) is 115 Å². The molecule has 2 heterocycles. The number of hydrogen-bond donors (Lipinski definition) is 2. The number of nitrogens with zero attached hydrogens (tertiary/aromatic N) is 3. The Hall–Kier alpha value is -4.33. The third-order valence-electron chi connectivity index (χ3n) is 6.70. The largest absolute Gasteiger partial charge is 0.493 e. The van der Waals surface area contributed by atoms with Crippen LogP contribution in [0.25, 0.3) is 11.3 Å². The lowest BCUT2D eigenvalue weighted by molar-refractivity contribution is -0.110. The van der Waals surface area contributed by atoms with Crippen LogP contribution in [0.4, 0.5) is 17.1 Å². The van der Waals surface area contributed by atoms with Crippen molar-refractivity contribution in [1.29, 1.82) is 5.26 Å². The molecule has 0 saturated heterocycles. The average Bonchev–Trinajstić information content (AvgIpc) is 3.49. The normalized spacial score (nSPS) is 15.2. The van der Waals surface area contributed by atoms with Gasteiger partial charge in [-0.25, -0.2) is 8.42 Å². The van der Waals surface area contributed by atoms with E-state index in [1.807, 2.05) is 37.2 Å². The molecular weight excluding hydrogens is 514 g/mol. The summed E-state index contributed by atoms with van der Waals surface area (Å²) in [7, 11) is 0.317. The molecule has 1 amide bonds. The first kappa shape index (κ1) is 26.3. The number of nitriles is 1. The Morgan fingerprint density at radius 2 is 1.85 bits per heavy atom. The monoisotopic (exact) mass is 543 g/mol. The number of rotatable bonds is 8. The van der Waals surface area contributed by atoms with Gasteiger partial charge in [0.25, 0.3) is 5.91 Å². The minimum Gasteiger partial charge on any atom is -0.493 e. The zero-order chi connectivity index (χ0) is 27.7. The van der Waals surface area contributed by atoms with Gasteiger partial charge in [0.2, 0.25) is 10.0 Å². The second kappa shape index (κ2) is 10.4. The molecule has 0 radical (unpaired) electrons. The Balaban J connectivity index is 1.56. The first-order valence-corrected chi connectivity index (χ1v) is 14.3. The minimum absolute atomic E-state index is 0.285. The van der Waals surface area contributed by atoms with E-state index in [2.05, 4.69) is 16.7 Å². The van der Waals surface area contributed by atoms with Gasteiger partial charge >= 0.3 is 0 Å². The number of fused-ring (bicyclic) bond motifs is 2. The lowest BCUT2D eigenvalue weighted by atomic mass is 9.98. The fourth-order valence-electron chi connectivity index (χ4n) is 4.72. The van der Waals surface area contributed by atoms with E-state index in [-0.39, 0.29) is 5.91 Å². The average molecular weight is 544 g/mol. The van der Waals surface area contributed by atoms with E-state index in [4.69, 9.17) is 4.74 Å². The Labute approximate surface area is 228 Å². The van der Waals surface area contributed by atoms with Gasteiger partial charge in [0, 0.05) is 36.3 Å². The van der Waals surface area contributed by atoms with Gasteiger partial charge in [0.15, 0.2) is 0 Å². The van der Waals surface area contributed by atoms with E-state index < -0.39 is 10.0 Å². The molecule has 10 heteroatoms. The minimum atomic E-state index is -3.47. The van der Waals surface area contributed by atoms with Gasteiger partial charge in [-0.3, -0.25) is 9.10 Å². The summed E-state index contributed by atoms with van der Waals surface area (Å²) in [5, 5.41) is 15.6. The van der Waals surface area contributed by atoms with E-state index in [0.717, 1.165) is 23.3 Å². The molecule has 5 rings (SSSR count). The molecule has 2 aliphatic heterocycles. The first-order chi connectivity index (χ1) is 18.6. The Kier molecular flexibility index (Phi) is 7.04. The number of hydrogen-bond acceptors (Lipinski definition) is 7. The van der Waals surface area contributed by atoms with E-state index in [1.54, 1.807) is 42.5 Å². The summed E-state index contributed by atoms with van der Waals surface area (Å²) in [6, 6.07) is 20.2. The van der Waals surface area contributed by atoms with Crippen LogP contribution in [-0.2, 0) is 21.2 Å². The second-order valence-corrected chi connectivity index (χ2v) is 11.7. The number of benzene rings is 3. The van der Waals surface area contributed by atoms with Crippen molar-refractivity contribution in [3.8, 4) is 11.8 Å². The summed E-state index contributed by atoms with van der Waals surface area (Å²) in [6.45, 7) is 1.51. The molecule has 9 nitrogen and oxygen atoms in total. The van der Waals surface area contributed by atoms with Crippen LogP contribution < -0.4 is 19.7 Å². The smallest absolute Gasteiger partial charge is 0.258 e.